The molecule has 1 amide bonds. The lowest BCUT2D eigenvalue weighted by molar-refractivity contribution is 0.102. The maximum absolute atomic E-state index is 12.1. The van der Waals surface area contributed by atoms with E-state index in [1.807, 2.05) is 19.2 Å². The minimum Gasteiger partial charge on any atom is -0.507 e. The van der Waals surface area contributed by atoms with Crippen LogP contribution in [-0.2, 0) is 0 Å². The molecule has 0 aliphatic heterocycles. The highest BCUT2D eigenvalue weighted by atomic mass is 32.1. The number of carbonyl (C=O) groups is 1. The Labute approximate surface area is 121 Å². The molecule has 0 aliphatic carbocycles. The lowest BCUT2D eigenvalue weighted by Crippen LogP contribution is -2.12. The predicted molar refractivity (Wildman–Crippen MR) is 78.8 cm³/mol. The molecule has 0 atom stereocenters. The fourth-order valence-corrected chi connectivity index (χ4v) is 2.46. The predicted octanol–water partition coefficient (Wildman–Crippen LogP) is 3.23. The molecule has 0 fully saturated rings. The van der Waals surface area contributed by atoms with Gasteiger partial charge in [0.25, 0.3) is 5.91 Å². The lowest BCUT2D eigenvalue weighted by Gasteiger charge is -2.06. The third kappa shape index (κ3) is 3.08. The maximum atomic E-state index is 12.1. The largest absolute Gasteiger partial charge is 0.507 e. The number of phenols is 1. The van der Waals surface area contributed by atoms with Crippen molar-refractivity contribution in [2.75, 3.05) is 12.4 Å². The van der Waals surface area contributed by atoms with Gasteiger partial charge < -0.3 is 9.84 Å². The first-order chi connectivity index (χ1) is 9.51. The lowest BCUT2D eigenvalue weighted by atomic mass is 10.1. The van der Waals surface area contributed by atoms with Crippen LogP contribution in [0.4, 0.5) is 5.13 Å². The molecule has 0 radical (unpaired) electrons. The summed E-state index contributed by atoms with van der Waals surface area (Å²) in [5.41, 5.74) is 1.09. The van der Waals surface area contributed by atoms with Crippen molar-refractivity contribution >= 4 is 22.4 Å². The molecule has 0 saturated heterocycles. The summed E-state index contributed by atoms with van der Waals surface area (Å²) in [5, 5.41) is 14.8. The van der Waals surface area contributed by atoms with Crippen molar-refractivity contribution in [3.8, 4) is 11.5 Å². The van der Waals surface area contributed by atoms with Gasteiger partial charge in [-0.3, -0.25) is 10.1 Å². The van der Waals surface area contributed by atoms with Crippen LogP contribution in [0.15, 0.2) is 23.6 Å². The van der Waals surface area contributed by atoms with Crippen molar-refractivity contribution in [1.82, 2.24) is 4.98 Å². The molecular formula is C14H16N2O3S. The third-order valence-electron chi connectivity index (χ3n) is 2.78. The molecule has 0 unspecified atom stereocenters. The number of methoxy groups -OCH3 is 1. The van der Waals surface area contributed by atoms with Crippen LogP contribution in [0.5, 0.6) is 11.5 Å². The summed E-state index contributed by atoms with van der Waals surface area (Å²) in [6.07, 6.45) is 0. The van der Waals surface area contributed by atoms with E-state index >= 15 is 0 Å². The zero-order valence-electron chi connectivity index (χ0n) is 11.5. The van der Waals surface area contributed by atoms with Crippen molar-refractivity contribution < 1.29 is 14.6 Å². The summed E-state index contributed by atoms with van der Waals surface area (Å²) >= 11 is 1.36. The SMILES string of the molecule is COc1ccc(O)c(C(=O)Nc2nc(C(C)C)cs2)c1. The van der Waals surface area contributed by atoms with Crippen molar-refractivity contribution in [1.29, 1.82) is 0 Å². The molecule has 0 spiro atoms. The summed E-state index contributed by atoms with van der Waals surface area (Å²) < 4.78 is 5.04. The van der Waals surface area contributed by atoms with Crippen molar-refractivity contribution in [2.24, 2.45) is 0 Å². The van der Waals surface area contributed by atoms with Gasteiger partial charge in [-0.1, -0.05) is 13.8 Å². The zero-order valence-corrected chi connectivity index (χ0v) is 12.3. The molecule has 106 valence electrons. The van der Waals surface area contributed by atoms with E-state index in [4.69, 9.17) is 4.74 Å². The van der Waals surface area contributed by atoms with Crippen LogP contribution in [0.3, 0.4) is 0 Å². The normalized spacial score (nSPS) is 10.6. The van der Waals surface area contributed by atoms with Crippen LogP contribution in [0.2, 0.25) is 0 Å². The number of rotatable bonds is 4. The molecule has 2 N–H and O–H groups in total. The number of nitrogens with zero attached hydrogens (tertiary/aromatic N) is 1. The number of hydrogen-bond donors (Lipinski definition) is 2. The number of aromatic hydroxyl groups is 1. The van der Waals surface area contributed by atoms with E-state index in [1.54, 1.807) is 6.07 Å². The number of anilines is 1. The number of phenolic OH excluding ortho intramolecular Hbond substituents is 1. The summed E-state index contributed by atoms with van der Waals surface area (Å²) in [4.78, 5) is 16.4. The van der Waals surface area contributed by atoms with Crippen LogP contribution in [0.25, 0.3) is 0 Å². The molecule has 0 bridgehead atoms. The minimum atomic E-state index is -0.411. The first-order valence-corrected chi connectivity index (χ1v) is 7.03. The Bertz CT molecular complexity index is 623. The monoisotopic (exact) mass is 292 g/mol. The Hall–Kier alpha value is -2.08. The number of ether oxygens (including phenoxy) is 1. The fraction of sp³-hybridized carbons (Fsp3) is 0.286. The van der Waals surface area contributed by atoms with Crippen molar-refractivity contribution in [3.05, 3.63) is 34.8 Å². The third-order valence-corrected chi connectivity index (χ3v) is 3.56. The van der Waals surface area contributed by atoms with E-state index in [0.29, 0.717) is 16.8 Å². The number of thiazole rings is 1. The van der Waals surface area contributed by atoms with Crippen molar-refractivity contribution in [2.45, 2.75) is 19.8 Å². The number of amides is 1. The van der Waals surface area contributed by atoms with Gasteiger partial charge >= 0.3 is 0 Å². The fourth-order valence-electron chi connectivity index (χ4n) is 1.60. The highest BCUT2D eigenvalue weighted by Crippen LogP contribution is 2.26. The van der Waals surface area contributed by atoms with E-state index in [1.165, 1.54) is 30.6 Å². The van der Waals surface area contributed by atoms with E-state index in [2.05, 4.69) is 10.3 Å². The first kappa shape index (κ1) is 14.3. The Kier molecular flexibility index (Phi) is 4.24. The van der Waals surface area contributed by atoms with Crippen LogP contribution in [-0.4, -0.2) is 23.1 Å². The molecular weight excluding hydrogens is 276 g/mol. The average molecular weight is 292 g/mol. The number of aromatic nitrogens is 1. The molecule has 5 nitrogen and oxygen atoms in total. The molecule has 1 aromatic heterocycles. The molecule has 2 aromatic rings. The highest BCUT2D eigenvalue weighted by Gasteiger charge is 2.15. The van der Waals surface area contributed by atoms with Gasteiger partial charge in [0.1, 0.15) is 11.5 Å². The van der Waals surface area contributed by atoms with Crippen LogP contribution in [0.1, 0.15) is 35.8 Å². The molecule has 0 aliphatic rings. The standard InChI is InChI=1S/C14H16N2O3S/c1-8(2)11-7-20-14(15-11)16-13(18)10-6-9(19-3)4-5-12(10)17/h4-8,17H,1-3H3,(H,15,16,18). The van der Waals surface area contributed by atoms with Crippen LogP contribution >= 0.6 is 11.3 Å². The van der Waals surface area contributed by atoms with E-state index < -0.39 is 5.91 Å². The van der Waals surface area contributed by atoms with Crippen LogP contribution in [0, 0.1) is 0 Å². The number of benzene rings is 1. The Morgan fingerprint density at radius 1 is 1.45 bits per heavy atom. The summed E-state index contributed by atoms with van der Waals surface area (Å²) in [5.74, 6) is 0.312. The van der Waals surface area contributed by atoms with Gasteiger partial charge in [-0.15, -0.1) is 11.3 Å². The van der Waals surface area contributed by atoms with Gasteiger partial charge in [0.2, 0.25) is 0 Å². The topological polar surface area (TPSA) is 71.5 Å². The van der Waals surface area contributed by atoms with Gasteiger partial charge in [-0.2, -0.15) is 0 Å². The van der Waals surface area contributed by atoms with E-state index in [9.17, 15) is 9.90 Å². The van der Waals surface area contributed by atoms with Crippen LogP contribution < -0.4 is 10.1 Å². The number of nitrogens with one attached hydrogen (secondary N) is 1. The molecule has 1 aromatic carbocycles. The highest BCUT2D eigenvalue weighted by molar-refractivity contribution is 7.14. The Morgan fingerprint density at radius 3 is 2.80 bits per heavy atom. The molecule has 20 heavy (non-hydrogen) atoms. The van der Waals surface area contributed by atoms with Gasteiger partial charge in [0.05, 0.1) is 18.4 Å². The quantitative estimate of drug-likeness (QED) is 0.907. The second-order valence-corrected chi connectivity index (χ2v) is 5.43. The Morgan fingerprint density at radius 2 is 2.20 bits per heavy atom. The summed E-state index contributed by atoms with van der Waals surface area (Å²) in [7, 11) is 1.50. The zero-order chi connectivity index (χ0) is 14.7. The van der Waals surface area contributed by atoms with Crippen molar-refractivity contribution in [3.63, 3.8) is 0 Å². The molecule has 1 heterocycles. The number of carbonyl (C=O) groups excluding carboxylic acids is 1. The van der Waals surface area contributed by atoms with E-state index in [0.717, 1.165) is 5.69 Å². The van der Waals surface area contributed by atoms with Gasteiger partial charge in [0, 0.05) is 5.38 Å². The maximum Gasteiger partial charge on any atom is 0.261 e. The summed E-state index contributed by atoms with van der Waals surface area (Å²) in [6.45, 7) is 4.07. The molecule has 0 saturated carbocycles. The second-order valence-electron chi connectivity index (χ2n) is 4.57. The van der Waals surface area contributed by atoms with Gasteiger partial charge in [-0.05, 0) is 24.1 Å². The molecule has 6 heteroatoms. The average Bonchev–Trinajstić information content (AvgIpc) is 2.88. The minimum absolute atomic E-state index is 0.0936. The molecule has 2 rings (SSSR count). The van der Waals surface area contributed by atoms with E-state index in [-0.39, 0.29) is 11.3 Å². The Balaban J connectivity index is 2.19. The summed E-state index contributed by atoms with van der Waals surface area (Å²) in [6, 6.07) is 4.50. The first-order valence-electron chi connectivity index (χ1n) is 6.15. The van der Waals surface area contributed by atoms with Gasteiger partial charge in [0.15, 0.2) is 5.13 Å². The van der Waals surface area contributed by atoms with Gasteiger partial charge in [-0.25, -0.2) is 4.98 Å². The smallest absolute Gasteiger partial charge is 0.261 e. The number of hydrogen-bond acceptors (Lipinski definition) is 5. The second kappa shape index (κ2) is 5.92.